The molecule has 0 saturated heterocycles. The average molecular weight is 435 g/mol. The fraction of sp³-hybridized carbons (Fsp3) is 0.320. The van der Waals surface area contributed by atoms with Gasteiger partial charge in [-0.3, -0.25) is 4.79 Å². The van der Waals surface area contributed by atoms with Gasteiger partial charge in [-0.2, -0.15) is 4.98 Å². The van der Waals surface area contributed by atoms with Crippen LogP contribution in [0.2, 0.25) is 5.02 Å². The Bertz CT molecular complexity index is 1140. The maximum atomic E-state index is 13.0. The second-order valence-corrected chi connectivity index (χ2v) is 9.33. The first-order chi connectivity index (χ1) is 14.7. The molecule has 1 heterocycles. The number of anilines is 4. The van der Waals surface area contributed by atoms with E-state index in [0.717, 1.165) is 29.1 Å². The summed E-state index contributed by atoms with van der Waals surface area (Å²) in [4.78, 5) is 22.4. The smallest absolute Gasteiger partial charge is 0.229 e. The third-order valence-electron chi connectivity index (χ3n) is 5.60. The van der Waals surface area contributed by atoms with E-state index in [1.165, 1.54) is 5.56 Å². The maximum absolute atomic E-state index is 13.0. The van der Waals surface area contributed by atoms with Gasteiger partial charge >= 0.3 is 0 Å². The number of hydrogen-bond acceptors (Lipinski definition) is 5. The topological polar surface area (TPSA) is 66.9 Å². The van der Waals surface area contributed by atoms with Gasteiger partial charge in [-0.05, 0) is 60.6 Å². The molecule has 2 N–H and O–H groups in total. The number of aryl methyl sites for hydroxylation is 2. The summed E-state index contributed by atoms with van der Waals surface area (Å²) < 4.78 is 0. The molecule has 160 valence electrons. The van der Waals surface area contributed by atoms with Crippen molar-refractivity contribution in [3.63, 3.8) is 0 Å². The number of benzene rings is 2. The fourth-order valence-electron chi connectivity index (χ4n) is 3.87. The number of carbonyl (C=O) groups is 1. The van der Waals surface area contributed by atoms with Crippen molar-refractivity contribution in [2.75, 3.05) is 10.6 Å². The standard InChI is InChI=1S/C25H27ClN4O/c1-5-16-7-10-17(11-8-16)28-24-29-20-13-25(3,4)14-21(31)22(20)23(30-24)27-18-9-6-15(2)19(26)12-18/h6-12H,5,13-14H2,1-4H3,(H2,27,28,29,30). The molecular formula is C25H27ClN4O. The van der Waals surface area contributed by atoms with Crippen molar-refractivity contribution in [2.24, 2.45) is 5.41 Å². The van der Waals surface area contributed by atoms with Crippen LogP contribution in [0.1, 0.15) is 54.4 Å². The summed E-state index contributed by atoms with van der Waals surface area (Å²) >= 11 is 6.30. The monoisotopic (exact) mass is 434 g/mol. The number of nitrogens with zero attached hydrogens (tertiary/aromatic N) is 2. The van der Waals surface area contributed by atoms with Crippen LogP contribution < -0.4 is 10.6 Å². The van der Waals surface area contributed by atoms with E-state index in [0.29, 0.717) is 35.2 Å². The van der Waals surface area contributed by atoms with Crippen LogP contribution in [0.15, 0.2) is 42.5 Å². The van der Waals surface area contributed by atoms with Crippen LogP contribution >= 0.6 is 11.6 Å². The Morgan fingerprint density at radius 3 is 2.39 bits per heavy atom. The molecule has 0 atom stereocenters. The highest BCUT2D eigenvalue weighted by Crippen LogP contribution is 2.38. The zero-order valence-electron chi connectivity index (χ0n) is 18.3. The fourth-order valence-corrected chi connectivity index (χ4v) is 4.05. The second kappa shape index (κ2) is 8.31. The third kappa shape index (κ3) is 4.72. The molecule has 6 heteroatoms. The molecule has 0 fully saturated rings. The molecule has 1 aromatic heterocycles. The molecule has 5 nitrogen and oxygen atoms in total. The predicted octanol–water partition coefficient (Wildman–Crippen LogP) is 6.64. The van der Waals surface area contributed by atoms with E-state index in [-0.39, 0.29) is 11.2 Å². The van der Waals surface area contributed by atoms with Gasteiger partial charge in [0.1, 0.15) is 5.82 Å². The van der Waals surface area contributed by atoms with Crippen LogP contribution in [0.25, 0.3) is 0 Å². The summed E-state index contributed by atoms with van der Waals surface area (Å²) in [5, 5.41) is 7.26. The van der Waals surface area contributed by atoms with Crippen LogP contribution in [-0.4, -0.2) is 15.8 Å². The molecule has 0 saturated carbocycles. The average Bonchev–Trinajstić information content (AvgIpc) is 2.70. The molecule has 0 aliphatic heterocycles. The van der Waals surface area contributed by atoms with Crippen molar-refractivity contribution >= 4 is 40.5 Å². The van der Waals surface area contributed by atoms with E-state index in [9.17, 15) is 4.79 Å². The Balaban J connectivity index is 1.74. The van der Waals surface area contributed by atoms with Gasteiger partial charge in [0.2, 0.25) is 5.95 Å². The minimum absolute atomic E-state index is 0.0609. The van der Waals surface area contributed by atoms with Crippen LogP contribution in [-0.2, 0) is 12.8 Å². The predicted molar refractivity (Wildman–Crippen MR) is 127 cm³/mol. The molecule has 0 bridgehead atoms. The summed E-state index contributed by atoms with van der Waals surface area (Å²) in [6.07, 6.45) is 2.17. The summed E-state index contributed by atoms with van der Waals surface area (Å²) in [5.41, 5.74) is 5.15. The lowest BCUT2D eigenvalue weighted by atomic mass is 9.75. The van der Waals surface area contributed by atoms with Crippen molar-refractivity contribution in [2.45, 2.75) is 47.0 Å². The van der Waals surface area contributed by atoms with Crippen LogP contribution in [0.4, 0.5) is 23.1 Å². The molecule has 0 spiro atoms. The quantitative estimate of drug-likeness (QED) is 0.471. The lowest BCUT2D eigenvalue weighted by Crippen LogP contribution is -2.29. The summed E-state index contributed by atoms with van der Waals surface area (Å²) in [7, 11) is 0. The lowest BCUT2D eigenvalue weighted by molar-refractivity contribution is 0.0911. The molecule has 0 unspecified atom stereocenters. The number of rotatable bonds is 5. The highest BCUT2D eigenvalue weighted by Gasteiger charge is 2.35. The van der Waals surface area contributed by atoms with Gasteiger partial charge in [0.15, 0.2) is 5.78 Å². The van der Waals surface area contributed by atoms with Crippen LogP contribution in [0.3, 0.4) is 0 Å². The number of Topliss-reactive ketones (excluding diaryl/α,β-unsaturated/α-hetero) is 1. The molecule has 4 rings (SSSR count). The number of fused-ring (bicyclic) bond motifs is 1. The van der Waals surface area contributed by atoms with E-state index in [2.05, 4.69) is 48.5 Å². The van der Waals surface area contributed by atoms with Crippen molar-refractivity contribution in [1.82, 2.24) is 9.97 Å². The van der Waals surface area contributed by atoms with E-state index >= 15 is 0 Å². The van der Waals surface area contributed by atoms with Crippen LogP contribution in [0.5, 0.6) is 0 Å². The summed E-state index contributed by atoms with van der Waals surface area (Å²) in [5.74, 6) is 1.04. The number of carbonyl (C=O) groups excluding carboxylic acids is 1. The zero-order valence-corrected chi connectivity index (χ0v) is 19.1. The lowest BCUT2D eigenvalue weighted by Gasteiger charge is -2.30. The van der Waals surface area contributed by atoms with Gasteiger partial charge < -0.3 is 10.6 Å². The highest BCUT2D eigenvalue weighted by molar-refractivity contribution is 6.31. The number of ketones is 1. The molecule has 3 aromatic rings. The SMILES string of the molecule is CCc1ccc(Nc2nc3c(c(Nc4ccc(C)c(Cl)c4)n2)C(=O)CC(C)(C)C3)cc1. The van der Waals surface area contributed by atoms with Gasteiger partial charge in [0.05, 0.1) is 11.3 Å². The first-order valence-electron chi connectivity index (χ1n) is 10.6. The normalized spacial score (nSPS) is 14.8. The molecule has 31 heavy (non-hydrogen) atoms. The molecule has 1 aliphatic carbocycles. The minimum Gasteiger partial charge on any atom is -0.339 e. The van der Waals surface area contributed by atoms with Crippen molar-refractivity contribution in [3.05, 3.63) is 69.9 Å². The van der Waals surface area contributed by atoms with E-state index in [1.807, 2.05) is 37.3 Å². The second-order valence-electron chi connectivity index (χ2n) is 8.92. The first kappa shape index (κ1) is 21.3. The molecule has 1 aliphatic rings. The van der Waals surface area contributed by atoms with Gasteiger partial charge in [-0.25, -0.2) is 4.98 Å². The van der Waals surface area contributed by atoms with Gasteiger partial charge in [-0.1, -0.05) is 50.6 Å². The molecule has 2 aromatic carbocycles. The molecule has 0 amide bonds. The summed E-state index contributed by atoms with van der Waals surface area (Å²) in [6, 6.07) is 13.9. The van der Waals surface area contributed by atoms with E-state index in [4.69, 9.17) is 16.6 Å². The van der Waals surface area contributed by atoms with E-state index in [1.54, 1.807) is 0 Å². The Morgan fingerprint density at radius 2 is 1.71 bits per heavy atom. The summed E-state index contributed by atoms with van der Waals surface area (Å²) in [6.45, 7) is 8.28. The minimum atomic E-state index is -0.136. The third-order valence-corrected chi connectivity index (χ3v) is 6.01. The maximum Gasteiger partial charge on any atom is 0.229 e. The number of nitrogens with one attached hydrogen (secondary N) is 2. The largest absolute Gasteiger partial charge is 0.339 e. The first-order valence-corrected chi connectivity index (χ1v) is 10.9. The van der Waals surface area contributed by atoms with Crippen molar-refractivity contribution in [1.29, 1.82) is 0 Å². The van der Waals surface area contributed by atoms with Crippen molar-refractivity contribution < 1.29 is 4.79 Å². The van der Waals surface area contributed by atoms with E-state index < -0.39 is 0 Å². The Morgan fingerprint density at radius 1 is 1.00 bits per heavy atom. The number of aromatic nitrogens is 2. The highest BCUT2D eigenvalue weighted by atomic mass is 35.5. The van der Waals surface area contributed by atoms with Crippen LogP contribution in [0, 0.1) is 12.3 Å². The van der Waals surface area contributed by atoms with Gasteiger partial charge in [0, 0.05) is 22.8 Å². The van der Waals surface area contributed by atoms with Gasteiger partial charge in [-0.15, -0.1) is 0 Å². The number of hydrogen-bond donors (Lipinski definition) is 2. The van der Waals surface area contributed by atoms with Crippen molar-refractivity contribution in [3.8, 4) is 0 Å². The number of halogens is 1. The Labute approximate surface area is 188 Å². The molecular weight excluding hydrogens is 408 g/mol. The molecule has 0 radical (unpaired) electrons. The zero-order chi connectivity index (χ0) is 22.2. The Kier molecular flexibility index (Phi) is 5.71. The Hall–Kier alpha value is -2.92. The van der Waals surface area contributed by atoms with Gasteiger partial charge in [0.25, 0.3) is 0 Å².